The average Bonchev–Trinajstić information content (AvgIpc) is 2.19. The number of hydrogen-bond donors (Lipinski definition) is 0. The maximum Gasteiger partial charge on any atom is 1.00 e. The molecule has 0 radical (unpaired) electrons. The van der Waals surface area contributed by atoms with Gasteiger partial charge in [-0.25, -0.2) is 0 Å². The summed E-state index contributed by atoms with van der Waals surface area (Å²) in [5, 5.41) is 0. The van der Waals surface area contributed by atoms with E-state index in [9.17, 15) is 0 Å². The highest BCUT2D eigenvalue weighted by atomic mass is 15.3. The molecule has 0 saturated heterocycles. The van der Waals surface area contributed by atoms with Gasteiger partial charge >= 0.3 is 1.43 Å². The van der Waals surface area contributed by atoms with Gasteiger partial charge in [-0.2, -0.15) is 0 Å². The van der Waals surface area contributed by atoms with Gasteiger partial charge in [-0.15, -0.1) is 0 Å². The minimum atomic E-state index is 0. The summed E-state index contributed by atoms with van der Waals surface area (Å²) in [5.41, 5.74) is 0. The molecule has 0 aliphatic rings. The Morgan fingerprint density at radius 2 is 1.00 bits per heavy atom. The third-order valence-corrected chi connectivity index (χ3v) is 3.18. The van der Waals surface area contributed by atoms with E-state index in [0.29, 0.717) is 0 Å². The van der Waals surface area contributed by atoms with Crippen LogP contribution in [-0.2, 0) is 0 Å². The zero-order valence-electron chi connectivity index (χ0n) is 13.2. The number of quaternary nitrogens is 1. The van der Waals surface area contributed by atoms with Crippen LogP contribution in [0.15, 0.2) is 0 Å². The van der Waals surface area contributed by atoms with E-state index >= 15 is 0 Å². The van der Waals surface area contributed by atoms with Crippen molar-refractivity contribution in [3.05, 3.63) is 0 Å². The zero-order chi connectivity index (χ0) is 12.3. The summed E-state index contributed by atoms with van der Waals surface area (Å²) in [5.74, 6) is 0. The molecule has 0 heterocycles. The Morgan fingerprint density at radius 1 is 0.625 bits per heavy atom. The molecule has 0 aromatic rings. The first-order chi connectivity index (χ1) is 7.56. The second-order valence-electron chi connectivity index (χ2n) is 6.20. The molecule has 0 aliphatic carbocycles. The van der Waals surface area contributed by atoms with Crippen LogP contribution in [0.5, 0.6) is 0 Å². The van der Waals surface area contributed by atoms with Crippen LogP contribution in [0.1, 0.15) is 72.6 Å². The van der Waals surface area contributed by atoms with Gasteiger partial charge in [0.2, 0.25) is 0 Å². The van der Waals surface area contributed by atoms with E-state index in [1.807, 2.05) is 0 Å². The molecule has 0 rings (SSSR count). The smallest absolute Gasteiger partial charge is 0.331 e. The normalized spacial score (nSPS) is 12.0. The van der Waals surface area contributed by atoms with Crippen LogP contribution in [0.3, 0.4) is 0 Å². The fraction of sp³-hybridized carbons (Fsp3) is 1.00. The highest BCUT2D eigenvalue weighted by Crippen LogP contribution is 2.10. The predicted octanol–water partition coefficient (Wildman–Crippen LogP) is 4.73. The van der Waals surface area contributed by atoms with Crippen LogP contribution in [-0.4, -0.2) is 32.2 Å². The molecular weight excluding hydrogens is 194 g/mol. The number of rotatable bonds is 11. The van der Waals surface area contributed by atoms with Crippen LogP contribution in [0.4, 0.5) is 0 Å². The molecule has 0 N–H and O–H groups in total. The highest BCUT2D eigenvalue weighted by Gasteiger charge is 2.04. The van der Waals surface area contributed by atoms with Gasteiger partial charge in [0.15, 0.2) is 0 Å². The fourth-order valence-corrected chi connectivity index (χ4v) is 2.07. The van der Waals surface area contributed by atoms with Crippen molar-refractivity contribution < 1.29 is 5.91 Å². The standard InChI is InChI=1S/C15H34N/c1-5-6-7-8-9-10-11-12-13-14-15-16(2,3)4/h5-15H2,1-4H3/q+1/p+1. The Morgan fingerprint density at radius 3 is 1.38 bits per heavy atom. The van der Waals surface area contributed by atoms with E-state index in [4.69, 9.17) is 0 Å². The molecule has 0 aliphatic heterocycles. The van der Waals surface area contributed by atoms with Crippen molar-refractivity contribution in [3.8, 4) is 0 Å². The first-order valence-corrected chi connectivity index (χ1v) is 7.36. The van der Waals surface area contributed by atoms with E-state index in [-0.39, 0.29) is 1.43 Å². The maximum absolute atomic E-state index is 2.29. The van der Waals surface area contributed by atoms with Crippen LogP contribution in [0.25, 0.3) is 0 Å². The largest absolute Gasteiger partial charge is 1.00 e. The summed E-state index contributed by atoms with van der Waals surface area (Å²) in [7, 11) is 6.86. The Labute approximate surface area is 105 Å². The SMILES string of the molecule is CCCCCCCCCCCC[N+](C)(C)C.[H+]. The summed E-state index contributed by atoms with van der Waals surface area (Å²) >= 11 is 0. The van der Waals surface area contributed by atoms with Crippen LogP contribution >= 0.6 is 0 Å². The van der Waals surface area contributed by atoms with Crippen LogP contribution < -0.4 is 0 Å². The third-order valence-electron chi connectivity index (χ3n) is 3.18. The average molecular weight is 229 g/mol. The lowest BCUT2D eigenvalue weighted by Gasteiger charge is -2.23. The molecule has 16 heavy (non-hydrogen) atoms. The quantitative estimate of drug-likeness (QED) is 0.355. The van der Waals surface area contributed by atoms with Crippen molar-refractivity contribution in [3.63, 3.8) is 0 Å². The summed E-state index contributed by atoms with van der Waals surface area (Å²) < 4.78 is 1.12. The Hall–Kier alpha value is -0.0400. The van der Waals surface area contributed by atoms with Gasteiger partial charge in [-0.05, 0) is 12.8 Å². The van der Waals surface area contributed by atoms with E-state index < -0.39 is 0 Å². The van der Waals surface area contributed by atoms with Gasteiger partial charge < -0.3 is 4.48 Å². The van der Waals surface area contributed by atoms with Crippen molar-refractivity contribution in [1.29, 1.82) is 0 Å². The Kier molecular flexibility index (Phi) is 10.1. The van der Waals surface area contributed by atoms with E-state index in [0.717, 1.165) is 4.48 Å². The van der Waals surface area contributed by atoms with Crippen molar-refractivity contribution in [2.75, 3.05) is 27.7 Å². The third kappa shape index (κ3) is 14.0. The lowest BCUT2D eigenvalue weighted by Crippen LogP contribution is -2.35. The van der Waals surface area contributed by atoms with E-state index in [2.05, 4.69) is 28.1 Å². The molecule has 1 nitrogen and oxygen atoms in total. The van der Waals surface area contributed by atoms with Gasteiger partial charge in [0.1, 0.15) is 0 Å². The predicted molar refractivity (Wildman–Crippen MR) is 75.9 cm³/mol. The fourth-order valence-electron chi connectivity index (χ4n) is 2.07. The monoisotopic (exact) mass is 229 g/mol. The zero-order valence-corrected chi connectivity index (χ0v) is 12.2. The lowest BCUT2D eigenvalue weighted by molar-refractivity contribution is -0.870. The summed E-state index contributed by atoms with van der Waals surface area (Å²) in [4.78, 5) is 0. The first kappa shape index (κ1) is 16.0. The Bertz CT molecular complexity index is 140. The van der Waals surface area contributed by atoms with Crippen molar-refractivity contribution in [2.45, 2.75) is 71.1 Å². The molecule has 0 aromatic carbocycles. The first-order valence-electron chi connectivity index (χ1n) is 7.36. The molecule has 0 spiro atoms. The second kappa shape index (κ2) is 10.1. The molecule has 98 valence electrons. The minimum absolute atomic E-state index is 0. The van der Waals surface area contributed by atoms with Gasteiger partial charge in [0.25, 0.3) is 0 Å². The van der Waals surface area contributed by atoms with E-state index in [1.54, 1.807) is 0 Å². The molecule has 0 amide bonds. The molecule has 0 aromatic heterocycles. The number of unbranched alkanes of at least 4 members (excludes halogenated alkanes) is 9. The van der Waals surface area contributed by atoms with Crippen molar-refractivity contribution in [2.24, 2.45) is 0 Å². The molecule has 1 heteroatoms. The second-order valence-corrected chi connectivity index (χ2v) is 6.20. The van der Waals surface area contributed by atoms with Crippen molar-refractivity contribution >= 4 is 0 Å². The summed E-state index contributed by atoms with van der Waals surface area (Å²) in [6.45, 7) is 3.62. The molecule has 0 fully saturated rings. The molecule has 0 saturated carbocycles. The topological polar surface area (TPSA) is 0 Å². The van der Waals surface area contributed by atoms with Gasteiger partial charge in [0, 0.05) is 0 Å². The maximum atomic E-state index is 2.29. The van der Waals surface area contributed by atoms with Crippen LogP contribution in [0.2, 0.25) is 0 Å². The van der Waals surface area contributed by atoms with E-state index in [1.165, 1.54) is 70.8 Å². The molecule has 0 atom stereocenters. The van der Waals surface area contributed by atoms with Gasteiger partial charge in [-0.3, -0.25) is 0 Å². The van der Waals surface area contributed by atoms with Gasteiger partial charge in [-0.1, -0.05) is 58.3 Å². The number of hydrogen-bond acceptors (Lipinski definition) is 0. The Balaban J connectivity index is 0. The lowest BCUT2D eigenvalue weighted by atomic mass is 10.1. The number of nitrogens with zero attached hydrogens (tertiary/aromatic N) is 1. The highest BCUT2D eigenvalue weighted by molar-refractivity contribution is 4.47. The van der Waals surface area contributed by atoms with Gasteiger partial charge in [0.05, 0.1) is 27.7 Å². The summed E-state index contributed by atoms with van der Waals surface area (Å²) in [6, 6.07) is 0. The molecular formula is C15H35N+2. The minimum Gasteiger partial charge on any atom is -0.331 e. The molecule has 0 bridgehead atoms. The van der Waals surface area contributed by atoms with Crippen molar-refractivity contribution in [1.82, 2.24) is 0 Å². The molecule has 0 unspecified atom stereocenters. The van der Waals surface area contributed by atoms with Crippen LogP contribution in [0, 0.1) is 0 Å². The summed E-state index contributed by atoms with van der Waals surface area (Å²) in [6.07, 6.45) is 14.4.